The molecule has 3 heteroatoms. The van der Waals surface area contributed by atoms with Gasteiger partial charge in [-0.1, -0.05) is 32.6 Å². The predicted molar refractivity (Wildman–Crippen MR) is 48.2 cm³/mol. The molecule has 0 amide bonds. The molecule has 1 N–H and O–H groups in total. The van der Waals surface area contributed by atoms with E-state index in [0.717, 1.165) is 12.8 Å². The first kappa shape index (κ1) is 14.8. The third-order valence-corrected chi connectivity index (χ3v) is 1.49. The summed E-state index contributed by atoms with van der Waals surface area (Å²) in [5, 5.41) is 8.27. The van der Waals surface area contributed by atoms with Crippen molar-refractivity contribution >= 4 is 64.2 Å². The molecular weight excluding hydrogens is 214 g/mol. The van der Waals surface area contributed by atoms with Crippen LogP contribution in [0.15, 0.2) is 0 Å². The zero-order valence-corrected chi connectivity index (χ0v) is 6.60. The summed E-state index contributed by atoms with van der Waals surface area (Å²) in [5.74, 6) is -0.670. The van der Waals surface area contributed by atoms with Gasteiger partial charge in [0.15, 0.2) is 0 Å². The summed E-state index contributed by atoms with van der Waals surface area (Å²) < 4.78 is 0. The predicted octanol–water partition coefficient (Wildman–Crippen LogP) is 1.78. The van der Waals surface area contributed by atoms with E-state index >= 15 is 0 Å². The van der Waals surface area contributed by atoms with Gasteiger partial charge in [0.2, 0.25) is 0 Å². The van der Waals surface area contributed by atoms with Gasteiger partial charge in [-0.3, -0.25) is 4.79 Å². The molecule has 0 rings (SSSR count). The number of carboxylic acids is 1. The number of carbonyl (C=O) groups is 1. The van der Waals surface area contributed by atoms with Crippen molar-refractivity contribution in [3.63, 3.8) is 0 Å². The van der Waals surface area contributed by atoms with Gasteiger partial charge in [0, 0.05) is 6.42 Å². The van der Waals surface area contributed by atoms with Crippen LogP contribution in [-0.2, 0) is 4.79 Å². The number of rotatable bonds is 6. The van der Waals surface area contributed by atoms with Crippen LogP contribution in [0.4, 0.5) is 0 Å². The molecule has 0 fully saturated rings. The molecule has 0 unspecified atom stereocenters. The van der Waals surface area contributed by atoms with Crippen LogP contribution >= 0.6 is 0 Å². The Morgan fingerprint density at radius 2 is 1.73 bits per heavy atom. The summed E-state index contributed by atoms with van der Waals surface area (Å²) in [5.41, 5.74) is 0. The van der Waals surface area contributed by atoms with Gasteiger partial charge in [-0.25, -0.2) is 0 Å². The van der Waals surface area contributed by atoms with E-state index < -0.39 is 5.97 Å². The van der Waals surface area contributed by atoms with Crippen LogP contribution < -0.4 is 0 Å². The molecule has 62 valence electrons. The third kappa shape index (κ3) is 14.2. The molecule has 0 atom stereocenters. The summed E-state index contributed by atoms with van der Waals surface area (Å²) in [6.45, 7) is 2.15. The Balaban J connectivity index is 0. The maximum atomic E-state index is 10.0. The average molecular weight is 231 g/mol. The molecule has 0 aliphatic heterocycles. The van der Waals surface area contributed by atoms with Crippen LogP contribution in [0.2, 0.25) is 0 Å². The van der Waals surface area contributed by atoms with Gasteiger partial charge < -0.3 is 5.11 Å². The Morgan fingerprint density at radius 1 is 1.18 bits per heavy atom. The first-order chi connectivity index (χ1) is 4.77. The van der Waals surface area contributed by atoms with Gasteiger partial charge in [0.25, 0.3) is 0 Å². The molecular formula is C8H17O2Rb. The zero-order chi connectivity index (χ0) is 7.82. The van der Waals surface area contributed by atoms with Gasteiger partial charge in [0.1, 0.15) is 0 Å². The van der Waals surface area contributed by atoms with Crippen LogP contribution in [0.3, 0.4) is 0 Å². The minimum absolute atomic E-state index is 0. The molecule has 0 aromatic rings. The number of hydrogen-bond donors (Lipinski definition) is 1. The van der Waals surface area contributed by atoms with Gasteiger partial charge >= 0.3 is 64.2 Å². The van der Waals surface area contributed by atoms with Crippen LogP contribution in [0.25, 0.3) is 0 Å². The van der Waals surface area contributed by atoms with Crippen molar-refractivity contribution in [3.05, 3.63) is 0 Å². The Bertz CT molecular complexity index is 94.1. The first-order valence-corrected chi connectivity index (χ1v) is 3.99. The van der Waals surface area contributed by atoms with E-state index in [2.05, 4.69) is 6.92 Å². The number of unbranched alkanes of at least 4 members (excludes halogenated alkanes) is 4. The van der Waals surface area contributed by atoms with E-state index in [4.69, 9.17) is 5.11 Å². The molecule has 0 bridgehead atoms. The summed E-state index contributed by atoms with van der Waals surface area (Å²) in [6.07, 6.45) is 5.88. The molecule has 0 aromatic carbocycles. The van der Waals surface area contributed by atoms with Crippen molar-refractivity contribution in [2.45, 2.75) is 45.4 Å². The fraction of sp³-hybridized carbons (Fsp3) is 0.875. The minimum atomic E-state index is -0.670. The molecule has 0 aliphatic rings. The quantitative estimate of drug-likeness (QED) is 0.707. The van der Waals surface area contributed by atoms with Gasteiger partial charge in [-0.05, 0) is 6.42 Å². The van der Waals surface area contributed by atoms with Gasteiger partial charge in [0.05, 0.1) is 0 Å². The molecule has 0 aliphatic carbocycles. The van der Waals surface area contributed by atoms with E-state index in [1.807, 2.05) is 0 Å². The molecule has 2 nitrogen and oxygen atoms in total. The molecule has 0 spiro atoms. The van der Waals surface area contributed by atoms with Gasteiger partial charge in [-0.15, -0.1) is 0 Å². The fourth-order valence-corrected chi connectivity index (χ4v) is 0.880. The summed E-state index contributed by atoms with van der Waals surface area (Å²) >= 11 is 0. The Labute approximate surface area is 118 Å². The van der Waals surface area contributed by atoms with Crippen molar-refractivity contribution in [1.29, 1.82) is 0 Å². The van der Waals surface area contributed by atoms with E-state index in [1.165, 1.54) is 19.3 Å². The van der Waals surface area contributed by atoms with Crippen LogP contribution in [0.5, 0.6) is 0 Å². The molecule has 0 saturated heterocycles. The van der Waals surface area contributed by atoms with Crippen molar-refractivity contribution < 1.29 is 9.90 Å². The molecule has 0 saturated carbocycles. The van der Waals surface area contributed by atoms with E-state index in [9.17, 15) is 4.79 Å². The van der Waals surface area contributed by atoms with Gasteiger partial charge in [-0.2, -0.15) is 0 Å². The second-order valence-corrected chi connectivity index (χ2v) is 2.56. The Morgan fingerprint density at radius 3 is 2.18 bits per heavy atom. The summed E-state index contributed by atoms with van der Waals surface area (Å²) in [4.78, 5) is 10.0. The normalized spacial score (nSPS) is 8.82. The molecule has 0 radical (unpaired) electrons. The molecule has 11 heavy (non-hydrogen) atoms. The Kier molecular flexibility index (Phi) is 15.2. The monoisotopic (exact) mass is 230 g/mol. The van der Waals surface area contributed by atoms with E-state index in [1.54, 1.807) is 0 Å². The fourth-order valence-electron chi connectivity index (χ4n) is 0.880. The number of carboxylic acid groups (broad SMARTS) is 1. The van der Waals surface area contributed by atoms with Crippen molar-refractivity contribution in [2.75, 3.05) is 0 Å². The molecule has 0 aromatic heterocycles. The average Bonchev–Trinajstić information content (AvgIpc) is 1.87. The maximum absolute atomic E-state index is 10.0. The third-order valence-electron chi connectivity index (χ3n) is 1.49. The zero-order valence-electron chi connectivity index (χ0n) is 6.60. The standard InChI is InChI=1S/C8H16O2.Rb.H/c1-2-3-4-5-6-7-8(9)10;;/h2-7H2,1H3,(H,9,10);;. The van der Waals surface area contributed by atoms with Crippen molar-refractivity contribution in [1.82, 2.24) is 0 Å². The summed E-state index contributed by atoms with van der Waals surface area (Å²) in [6, 6.07) is 0. The topological polar surface area (TPSA) is 37.3 Å². The first-order valence-electron chi connectivity index (χ1n) is 3.99. The summed E-state index contributed by atoms with van der Waals surface area (Å²) in [7, 11) is 0. The second kappa shape index (κ2) is 11.3. The van der Waals surface area contributed by atoms with E-state index in [-0.39, 0.29) is 58.2 Å². The Hall–Kier alpha value is 1.28. The van der Waals surface area contributed by atoms with Crippen LogP contribution in [0.1, 0.15) is 45.4 Å². The SMILES string of the molecule is CCCCCCCC(=O)O.[RbH]. The van der Waals surface area contributed by atoms with E-state index in [0.29, 0.717) is 6.42 Å². The van der Waals surface area contributed by atoms with Crippen molar-refractivity contribution in [3.8, 4) is 0 Å². The number of aliphatic carboxylic acids is 1. The van der Waals surface area contributed by atoms with Crippen molar-refractivity contribution in [2.24, 2.45) is 0 Å². The molecule has 0 heterocycles. The van der Waals surface area contributed by atoms with Crippen LogP contribution in [-0.4, -0.2) is 69.3 Å². The number of hydrogen-bond acceptors (Lipinski definition) is 1. The van der Waals surface area contributed by atoms with Crippen LogP contribution in [0, 0.1) is 0 Å². The second-order valence-electron chi connectivity index (χ2n) is 2.56.